The van der Waals surface area contributed by atoms with Crippen LogP contribution in [-0.2, 0) is 4.79 Å². The summed E-state index contributed by atoms with van der Waals surface area (Å²) in [4.78, 5) is 10.6. The van der Waals surface area contributed by atoms with E-state index in [1.165, 1.54) is 0 Å². The molecule has 1 aromatic carbocycles. The van der Waals surface area contributed by atoms with Gasteiger partial charge in [-0.1, -0.05) is 0 Å². The summed E-state index contributed by atoms with van der Waals surface area (Å²) in [5.74, 6) is 2.42. The molecule has 1 rings (SSSR count). The summed E-state index contributed by atoms with van der Waals surface area (Å²) in [6.07, 6.45) is 0. The summed E-state index contributed by atoms with van der Waals surface area (Å²) in [6.45, 7) is -0.461. The van der Waals surface area contributed by atoms with Crippen molar-refractivity contribution < 1.29 is 18.3 Å². The van der Waals surface area contributed by atoms with Crippen LogP contribution >= 0.6 is 0 Å². The minimum absolute atomic E-state index is 0.325. The molecule has 0 unspecified atom stereocenters. The van der Waals surface area contributed by atoms with Gasteiger partial charge in [0.1, 0.15) is 5.82 Å². The predicted molar refractivity (Wildman–Crippen MR) is 44.2 cm³/mol. The first-order valence-electron chi connectivity index (χ1n) is 3.71. The van der Waals surface area contributed by atoms with Crippen molar-refractivity contribution in [3.05, 3.63) is 29.8 Å². The molecule has 1 aromatic rings. The Morgan fingerprint density at radius 3 is 2.86 bits per heavy atom. The monoisotopic (exact) mass is 202 g/mol. The summed E-state index contributed by atoms with van der Waals surface area (Å²) < 4.78 is 30.1. The lowest BCUT2D eigenvalue weighted by Gasteiger charge is -2.05. The maximum absolute atomic E-state index is 12.9. The fourth-order valence-electron chi connectivity index (χ4n) is 0.773. The van der Waals surface area contributed by atoms with E-state index < -0.39 is 24.1 Å². The summed E-state index contributed by atoms with van der Waals surface area (Å²) in [5, 5.41) is 0. The molecule has 0 aliphatic rings. The van der Waals surface area contributed by atoms with E-state index in [0.717, 1.165) is 18.2 Å². The van der Waals surface area contributed by atoms with Gasteiger partial charge in [-0.2, -0.15) is 0 Å². The van der Waals surface area contributed by atoms with Crippen LogP contribution in [0.5, 0.6) is 5.75 Å². The first-order chi connectivity index (χ1) is 6.63. The smallest absolute Gasteiger partial charge is 0.271 e. The summed E-state index contributed by atoms with van der Waals surface area (Å²) >= 11 is 0. The van der Waals surface area contributed by atoms with Crippen LogP contribution in [-0.4, -0.2) is 12.5 Å². The first-order valence-corrected chi connectivity index (χ1v) is 3.71. The van der Waals surface area contributed by atoms with Crippen LogP contribution in [0.1, 0.15) is 0 Å². The highest BCUT2D eigenvalue weighted by Crippen LogP contribution is 2.17. The maximum Gasteiger partial charge on any atom is 0.271 e. The number of ether oxygens (including phenoxy) is 1. The fourth-order valence-corrected chi connectivity index (χ4v) is 0.773. The molecule has 0 aliphatic heterocycles. The highest BCUT2D eigenvalue weighted by atomic mass is 19.1. The number of rotatable bonds is 3. The van der Waals surface area contributed by atoms with Gasteiger partial charge in [0.25, 0.3) is 5.91 Å². The van der Waals surface area contributed by atoms with E-state index in [4.69, 9.17) is 5.84 Å². The van der Waals surface area contributed by atoms with Crippen LogP contribution in [0.2, 0.25) is 0 Å². The number of hydrogen-bond donors (Lipinski definition) is 2. The molecule has 0 heterocycles. The number of benzene rings is 1. The summed E-state index contributed by atoms with van der Waals surface area (Å²) in [5.41, 5.74) is 1.79. The molecule has 0 saturated heterocycles. The Kier molecular flexibility index (Phi) is 3.35. The normalized spacial score (nSPS) is 9.64. The zero-order valence-corrected chi connectivity index (χ0v) is 7.09. The molecule has 0 fully saturated rings. The predicted octanol–water partition coefficient (Wildman–Crippen LogP) is 0.334. The van der Waals surface area contributed by atoms with Gasteiger partial charge in [-0.3, -0.25) is 10.2 Å². The molecule has 0 spiro atoms. The van der Waals surface area contributed by atoms with Crippen molar-refractivity contribution >= 4 is 5.91 Å². The number of carbonyl (C=O) groups excluding carboxylic acids is 1. The molecule has 0 bridgehead atoms. The molecule has 14 heavy (non-hydrogen) atoms. The van der Waals surface area contributed by atoms with E-state index in [1.807, 2.05) is 0 Å². The first kappa shape index (κ1) is 10.4. The van der Waals surface area contributed by atoms with E-state index >= 15 is 0 Å². The second-order valence-corrected chi connectivity index (χ2v) is 2.43. The third-order valence-electron chi connectivity index (χ3n) is 1.41. The van der Waals surface area contributed by atoms with Crippen molar-refractivity contribution in [1.82, 2.24) is 5.43 Å². The fraction of sp³-hybridized carbons (Fsp3) is 0.125. The topological polar surface area (TPSA) is 64.3 Å². The van der Waals surface area contributed by atoms with Gasteiger partial charge in [-0.05, 0) is 12.1 Å². The molecule has 3 N–H and O–H groups in total. The molecule has 0 aliphatic carbocycles. The number of hydrogen-bond acceptors (Lipinski definition) is 3. The quantitative estimate of drug-likeness (QED) is 0.422. The van der Waals surface area contributed by atoms with E-state index in [-0.39, 0.29) is 5.75 Å². The van der Waals surface area contributed by atoms with Crippen molar-refractivity contribution in [1.29, 1.82) is 0 Å². The molecule has 0 radical (unpaired) electrons. The number of nitrogens with two attached hydrogens (primary N) is 1. The minimum atomic E-state index is -0.740. The lowest BCUT2D eigenvalue weighted by atomic mass is 10.3. The lowest BCUT2D eigenvalue weighted by Crippen LogP contribution is -2.34. The maximum atomic E-state index is 12.9. The van der Waals surface area contributed by atoms with Gasteiger partial charge in [0, 0.05) is 6.07 Å². The third kappa shape index (κ3) is 2.67. The van der Waals surface area contributed by atoms with Crippen molar-refractivity contribution in [3.63, 3.8) is 0 Å². The molecule has 6 heteroatoms. The van der Waals surface area contributed by atoms with Crippen molar-refractivity contribution in [2.24, 2.45) is 5.84 Å². The van der Waals surface area contributed by atoms with Crippen molar-refractivity contribution in [2.75, 3.05) is 6.61 Å². The van der Waals surface area contributed by atoms with Gasteiger partial charge in [0.05, 0.1) is 0 Å². The average molecular weight is 202 g/mol. The molecule has 1 amide bonds. The van der Waals surface area contributed by atoms with Gasteiger partial charge in [-0.15, -0.1) is 0 Å². The van der Waals surface area contributed by atoms with Gasteiger partial charge < -0.3 is 4.74 Å². The SMILES string of the molecule is NNC(=O)COc1cc(F)ccc1F. The second kappa shape index (κ2) is 4.52. The Labute approximate surface area is 78.6 Å². The van der Waals surface area contributed by atoms with E-state index in [0.29, 0.717) is 0 Å². The van der Waals surface area contributed by atoms with Gasteiger partial charge in [0.2, 0.25) is 0 Å². The van der Waals surface area contributed by atoms with Gasteiger partial charge >= 0.3 is 0 Å². The summed E-state index contributed by atoms with van der Waals surface area (Å²) in [7, 11) is 0. The molecule has 4 nitrogen and oxygen atoms in total. The Balaban J connectivity index is 2.66. The van der Waals surface area contributed by atoms with E-state index in [1.54, 1.807) is 5.43 Å². The van der Waals surface area contributed by atoms with Crippen LogP contribution in [0.25, 0.3) is 0 Å². The summed E-state index contributed by atoms with van der Waals surface area (Å²) in [6, 6.07) is 2.70. The van der Waals surface area contributed by atoms with Gasteiger partial charge in [0.15, 0.2) is 18.2 Å². The Hall–Kier alpha value is -1.69. The minimum Gasteiger partial charge on any atom is -0.481 e. The number of amides is 1. The zero-order chi connectivity index (χ0) is 10.6. The van der Waals surface area contributed by atoms with Gasteiger partial charge in [-0.25, -0.2) is 14.6 Å². The third-order valence-corrected chi connectivity index (χ3v) is 1.41. The van der Waals surface area contributed by atoms with Crippen molar-refractivity contribution in [3.8, 4) is 5.75 Å². The Morgan fingerprint density at radius 1 is 1.50 bits per heavy atom. The van der Waals surface area contributed by atoms with Crippen LogP contribution in [0.4, 0.5) is 8.78 Å². The Morgan fingerprint density at radius 2 is 2.21 bits per heavy atom. The molecule has 76 valence electrons. The highest BCUT2D eigenvalue weighted by molar-refractivity contribution is 5.76. The molecule has 0 saturated carbocycles. The number of hydrazine groups is 1. The lowest BCUT2D eigenvalue weighted by molar-refractivity contribution is -0.123. The van der Waals surface area contributed by atoms with E-state index in [9.17, 15) is 13.6 Å². The van der Waals surface area contributed by atoms with Crippen LogP contribution in [0.15, 0.2) is 18.2 Å². The largest absolute Gasteiger partial charge is 0.481 e. The number of carbonyl (C=O) groups is 1. The number of nitrogens with one attached hydrogen (secondary N) is 1. The molecular weight excluding hydrogens is 194 g/mol. The Bertz CT molecular complexity index is 344. The second-order valence-electron chi connectivity index (χ2n) is 2.43. The average Bonchev–Trinajstić information content (AvgIpc) is 2.19. The van der Waals surface area contributed by atoms with Crippen molar-refractivity contribution in [2.45, 2.75) is 0 Å². The molecule has 0 aromatic heterocycles. The highest BCUT2D eigenvalue weighted by Gasteiger charge is 2.06. The molecule has 0 atom stereocenters. The zero-order valence-electron chi connectivity index (χ0n) is 7.09. The molecular formula is C8H8F2N2O2. The van der Waals surface area contributed by atoms with E-state index in [2.05, 4.69) is 4.74 Å². The van der Waals surface area contributed by atoms with Crippen LogP contribution in [0, 0.1) is 11.6 Å². The van der Waals surface area contributed by atoms with Crippen LogP contribution < -0.4 is 16.0 Å². The standard InChI is InChI=1S/C8H8F2N2O2/c9-5-1-2-6(10)7(3-5)14-4-8(13)12-11/h1-3H,4,11H2,(H,12,13). The van der Waals surface area contributed by atoms with Crippen LogP contribution in [0.3, 0.4) is 0 Å². The number of halogens is 2.